The van der Waals surface area contributed by atoms with Crippen LogP contribution < -0.4 is 0 Å². The van der Waals surface area contributed by atoms with Gasteiger partial charge >= 0.3 is 0 Å². The molecule has 0 radical (unpaired) electrons. The van der Waals surface area contributed by atoms with Gasteiger partial charge in [-0.3, -0.25) is 0 Å². The molecule has 1 aliphatic rings. The molecule has 0 aliphatic heterocycles. The largest absolute Gasteiger partial charge is 0.374 e. The average Bonchev–Trinajstić information content (AvgIpc) is 2.09. The smallest absolute Gasteiger partial charge is 0.147 e. The Bertz CT molecular complexity index is 293. The molecule has 2 atom stereocenters. The Balaban J connectivity index is 2.91. The summed E-state index contributed by atoms with van der Waals surface area (Å²) < 4.78 is 0. The number of allylic oxidation sites excluding steroid dienone is 2. The highest BCUT2D eigenvalue weighted by Gasteiger charge is 2.33. The second-order valence-electron chi connectivity index (χ2n) is 3.87. The first-order chi connectivity index (χ1) is 5.99. The molecule has 1 rings (SSSR count). The maximum atomic E-state index is 10.0. The molecular weight excluding hydrogens is 160 g/mol. The van der Waals surface area contributed by atoms with Gasteiger partial charge in [0.1, 0.15) is 5.60 Å². The van der Waals surface area contributed by atoms with Gasteiger partial charge < -0.3 is 5.11 Å². The van der Waals surface area contributed by atoms with Crippen LogP contribution in [-0.4, -0.2) is 10.7 Å². The van der Waals surface area contributed by atoms with Crippen LogP contribution >= 0.6 is 0 Å². The zero-order valence-corrected chi connectivity index (χ0v) is 8.30. The Morgan fingerprint density at radius 2 is 2.46 bits per heavy atom. The van der Waals surface area contributed by atoms with E-state index in [0.29, 0.717) is 12.3 Å². The van der Waals surface area contributed by atoms with Crippen molar-refractivity contribution < 1.29 is 5.11 Å². The fourth-order valence-corrected chi connectivity index (χ4v) is 1.64. The van der Waals surface area contributed by atoms with Gasteiger partial charge in [-0.2, -0.15) is 0 Å². The van der Waals surface area contributed by atoms with E-state index in [1.54, 1.807) is 0 Å². The minimum Gasteiger partial charge on any atom is -0.374 e. The van der Waals surface area contributed by atoms with E-state index < -0.39 is 5.60 Å². The molecule has 0 unspecified atom stereocenters. The highest BCUT2D eigenvalue weighted by molar-refractivity contribution is 5.31. The minimum atomic E-state index is -1.04. The van der Waals surface area contributed by atoms with Crippen LogP contribution in [0.4, 0.5) is 0 Å². The predicted octanol–water partition coefficient (Wildman–Crippen LogP) is 2.28. The first kappa shape index (κ1) is 10.1. The van der Waals surface area contributed by atoms with Gasteiger partial charge in [0.25, 0.3) is 0 Å². The van der Waals surface area contributed by atoms with Crippen molar-refractivity contribution in [2.75, 3.05) is 0 Å². The molecule has 0 aromatic heterocycles. The highest BCUT2D eigenvalue weighted by atomic mass is 16.3. The van der Waals surface area contributed by atoms with Gasteiger partial charge in [0.05, 0.1) is 0 Å². The molecule has 1 heteroatoms. The maximum absolute atomic E-state index is 10.0. The zero-order chi connectivity index (χ0) is 10.1. The molecule has 1 nitrogen and oxygen atoms in total. The fourth-order valence-electron chi connectivity index (χ4n) is 1.64. The number of hydrogen-bond donors (Lipinski definition) is 1. The lowest BCUT2D eigenvalue weighted by molar-refractivity contribution is 0.107. The van der Waals surface area contributed by atoms with Crippen molar-refractivity contribution in [1.29, 1.82) is 0 Å². The Morgan fingerprint density at radius 3 is 2.92 bits per heavy atom. The summed E-state index contributed by atoms with van der Waals surface area (Å²) in [6.45, 7) is 7.76. The molecule has 13 heavy (non-hydrogen) atoms. The lowest BCUT2D eigenvalue weighted by Gasteiger charge is -2.32. The van der Waals surface area contributed by atoms with E-state index in [1.807, 2.05) is 19.9 Å². The second-order valence-corrected chi connectivity index (χ2v) is 3.87. The monoisotopic (exact) mass is 176 g/mol. The number of aliphatic hydroxyl groups is 1. The van der Waals surface area contributed by atoms with Gasteiger partial charge in [-0.25, -0.2) is 0 Å². The first-order valence-corrected chi connectivity index (χ1v) is 4.52. The van der Waals surface area contributed by atoms with Gasteiger partial charge in [0.15, 0.2) is 0 Å². The molecule has 0 aromatic rings. The molecule has 1 aliphatic carbocycles. The minimum absolute atomic E-state index is 0.324. The van der Waals surface area contributed by atoms with Crippen LogP contribution in [0.5, 0.6) is 0 Å². The summed E-state index contributed by atoms with van der Waals surface area (Å²) in [5.41, 5.74) is 0.951. The normalized spacial score (nSPS) is 33.4. The lowest BCUT2D eigenvalue weighted by atomic mass is 9.76. The summed E-state index contributed by atoms with van der Waals surface area (Å²) in [6.07, 6.45) is 8.90. The van der Waals surface area contributed by atoms with E-state index in [4.69, 9.17) is 6.42 Å². The second kappa shape index (κ2) is 3.40. The fraction of sp³-hybridized carbons (Fsp3) is 0.500. The van der Waals surface area contributed by atoms with Gasteiger partial charge in [-0.15, -0.1) is 6.42 Å². The number of terminal acetylenes is 1. The molecule has 1 N–H and O–H groups in total. The number of rotatable bonds is 1. The van der Waals surface area contributed by atoms with Crippen LogP contribution in [0.15, 0.2) is 23.8 Å². The maximum Gasteiger partial charge on any atom is 0.147 e. The van der Waals surface area contributed by atoms with E-state index >= 15 is 0 Å². The van der Waals surface area contributed by atoms with Crippen LogP contribution in [0.25, 0.3) is 0 Å². The van der Waals surface area contributed by atoms with Crippen molar-refractivity contribution in [2.24, 2.45) is 5.92 Å². The van der Waals surface area contributed by atoms with Crippen molar-refractivity contribution in [3.63, 3.8) is 0 Å². The molecule has 0 aromatic carbocycles. The average molecular weight is 176 g/mol. The molecule has 0 bridgehead atoms. The third-order valence-corrected chi connectivity index (χ3v) is 2.84. The first-order valence-electron chi connectivity index (χ1n) is 4.52. The zero-order valence-electron chi connectivity index (χ0n) is 8.30. The van der Waals surface area contributed by atoms with Gasteiger partial charge in [-0.05, 0) is 38.2 Å². The van der Waals surface area contributed by atoms with Gasteiger partial charge in [0, 0.05) is 0 Å². The van der Waals surface area contributed by atoms with Crippen LogP contribution in [0.3, 0.4) is 0 Å². The Labute approximate surface area is 80.2 Å². The molecule has 0 spiro atoms. The van der Waals surface area contributed by atoms with E-state index in [2.05, 4.69) is 12.5 Å². The van der Waals surface area contributed by atoms with Crippen molar-refractivity contribution >= 4 is 0 Å². The highest BCUT2D eigenvalue weighted by Crippen LogP contribution is 2.35. The van der Waals surface area contributed by atoms with Crippen LogP contribution in [0.1, 0.15) is 26.7 Å². The molecule has 0 amide bonds. The van der Waals surface area contributed by atoms with Crippen molar-refractivity contribution in [2.45, 2.75) is 32.3 Å². The van der Waals surface area contributed by atoms with E-state index in [0.717, 1.165) is 17.6 Å². The Hall–Kier alpha value is -1.00. The SMILES string of the molecule is C#C[C@]1(O)C[C@@H](C(=C)C)CC=C1C. The third-order valence-electron chi connectivity index (χ3n) is 2.84. The molecular formula is C12H16O. The molecule has 0 saturated heterocycles. The van der Waals surface area contributed by atoms with Crippen LogP contribution in [-0.2, 0) is 0 Å². The molecule has 0 heterocycles. The lowest BCUT2D eigenvalue weighted by Crippen LogP contribution is -2.34. The van der Waals surface area contributed by atoms with Crippen LogP contribution in [0.2, 0.25) is 0 Å². The van der Waals surface area contributed by atoms with Crippen LogP contribution in [0, 0.1) is 18.3 Å². The van der Waals surface area contributed by atoms with E-state index in [1.165, 1.54) is 0 Å². The summed E-state index contributed by atoms with van der Waals surface area (Å²) in [7, 11) is 0. The number of hydrogen-bond acceptors (Lipinski definition) is 1. The molecule has 70 valence electrons. The predicted molar refractivity (Wildman–Crippen MR) is 55.1 cm³/mol. The summed E-state index contributed by atoms with van der Waals surface area (Å²) in [5, 5.41) is 10.0. The van der Waals surface area contributed by atoms with E-state index in [-0.39, 0.29) is 0 Å². The quantitative estimate of drug-likeness (QED) is 0.480. The van der Waals surface area contributed by atoms with E-state index in [9.17, 15) is 5.11 Å². The van der Waals surface area contributed by atoms with Crippen molar-refractivity contribution in [3.8, 4) is 12.3 Å². The summed E-state index contributed by atoms with van der Waals surface area (Å²) in [5.74, 6) is 2.78. The Kier molecular flexibility index (Phi) is 2.63. The standard InChI is InChI=1S/C12H16O/c1-5-12(13)8-11(9(2)3)7-6-10(12)4/h1,6,11,13H,2,7-8H2,3-4H3/t11-,12-/m0/s1. The van der Waals surface area contributed by atoms with Gasteiger partial charge in [0.2, 0.25) is 0 Å². The van der Waals surface area contributed by atoms with Gasteiger partial charge in [-0.1, -0.05) is 24.1 Å². The Morgan fingerprint density at radius 1 is 1.85 bits per heavy atom. The summed E-state index contributed by atoms with van der Waals surface area (Å²) in [4.78, 5) is 0. The molecule has 0 fully saturated rings. The summed E-state index contributed by atoms with van der Waals surface area (Å²) in [6, 6.07) is 0. The third kappa shape index (κ3) is 1.84. The molecule has 0 saturated carbocycles. The van der Waals surface area contributed by atoms with Crippen molar-refractivity contribution in [1.82, 2.24) is 0 Å². The van der Waals surface area contributed by atoms with Crippen molar-refractivity contribution in [3.05, 3.63) is 23.8 Å². The summed E-state index contributed by atoms with van der Waals surface area (Å²) >= 11 is 0. The topological polar surface area (TPSA) is 20.2 Å².